The monoisotopic (exact) mass is 671 g/mol. The van der Waals surface area contributed by atoms with E-state index in [1.807, 2.05) is 45.9 Å². The van der Waals surface area contributed by atoms with E-state index in [0.29, 0.717) is 22.6 Å². The van der Waals surface area contributed by atoms with Gasteiger partial charge in [-0.05, 0) is 105 Å². The number of thiol groups is 1. The molecule has 48 heavy (non-hydrogen) atoms. The van der Waals surface area contributed by atoms with Gasteiger partial charge in [-0.2, -0.15) is 17.7 Å². The first kappa shape index (κ1) is 38.3. The lowest BCUT2D eigenvalue weighted by Crippen LogP contribution is -2.12. The summed E-state index contributed by atoms with van der Waals surface area (Å²) in [5.74, 6) is 0.117. The summed E-state index contributed by atoms with van der Waals surface area (Å²) in [6, 6.07) is 17.5. The smallest absolute Gasteiger partial charge is 0.335 e. The number of nitrogens with one attached hydrogen (secondary N) is 1. The first-order valence-corrected chi connectivity index (χ1v) is 17.6. The van der Waals surface area contributed by atoms with Gasteiger partial charge in [-0.25, -0.2) is 13.9 Å². The highest BCUT2D eigenvalue weighted by molar-refractivity contribution is 7.80. The van der Waals surface area contributed by atoms with Crippen LogP contribution in [0.25, 0.3) is 16.9 Å². The number of anilines is 1. The van der Waals surface area contributed by atoms with E-state index in [2.05, 4.69) is 36.0 Å². The Bertz CT molecular complexity index is 1650. The Balaban J connectivity index is 0.000000319. The standard InChI is InChI=1S/C25H20FN3O3.C7H14.C6H10S.C2H6/c1-15-6-11-20(12-16(15)2)27-24(30)22-14-29(21-5-3-4-18(13-21)25(31)32)28-23(22)17-7-9-19(26)10-8-17;1-7-5-3-2-4-6-7;7-5-4-6-2-1-3-6;1-2/h3-14H,1-2H3,(H,27,30)(H,31,32);7H,2-6H2,1H3;4,7H,1-3,5H2;1-2H3. The fourth-order valence-corrected chi connectivity index (χ4v) is 5.57. The van der Waals surface area contributed by atoms with Gasteiger partial charge in [0.15, 0.2) is 0 Å². The molecule has 2 N–H and O–H groups in total. The van der Waals surface area contributed by atoms with Gasteiger partial charge in [-0.1, -0.05) is 76.7 Å². The van der Waals surface area contributed by atoms with E-state index < -0.39 is 11.8 Å². The van der Waals surface area contributed by atoms with Crippen LogP contribution in [0.1, 0.15) is 104 Å². The number of amides is 1. The largest absolute Gasteiger partial charge is 0.478 e. The topological polar surface area (TPSA) is 84.2 Å². The molecule has 0 unspecified atom stereocenters. The van der Waals surface area contributed by atoms with Crippen molar-refractivity contribution in [3.05, 3.63) is 113 Å². The maximum Gasteiger partial charge on any atom is 0.335 e. The molecule has 2 saturated carbocycles. The lowest BCUT2D eigenvalue weighted by molar-refractivity contribution is 0.0696. The van der Waals surface area contributed by atoms with Crippen molar-refractivity contribution in [1.29, 1.82) is 0 Å². The molecule has 1 amide bonds. The lowest BCUT2D eigenvalue weighted by Gasteiger charge is -2.15. The summed E-state index contributed by atoms with van der Waals surface area (Å²) < 4.78 is 14.9. The SMILES string of the molecule is CC.CC1CCCCC1.Cc1ccc(NC(=O)c2cn(-c3cccc(C(=O)O)c3)nc2-c2ccc(F)cc2)cc1C.SCC=C1CCC1. The first-order chi connectivity index (χ1) is 23.1. The zero-order valence-electron chi connectivity index (χ0n) is 28.9. The Morgan fingerprint density at radius 3 is 2.17 bits per heavy atom. The van der Waals surface area contributed by atoms with Crippen LogP contribution in [0.5, 0.6) is 0 Å². The molecule has 6 nitrogen and oxygen atoms in total. The normalized spacial score (nSPS) is 13.7. The Kier molecular flexibility index (Phi) is 15.6. The fourth-order valence-electron chi connectivity index (χ4n) is 5.31. The number of aromatic nitrogens is 2. The van der Waals surface area contributed by atoms with Crippen LogP contribution >= 0.6 is 12.6 Å². The van der Waals surface area contributed by atoms with Crippen LogP contribution in [0.2, 0.25) is 0 Å². The number of aryl methyl sites for hydroxylation is 2. The molecule has 2 aliphatic carbocycles. The highest BCUT2D eigenvalue weighted by Crippen LogP contribution is 2.27. The van der Waals surface area contributed by atoms with Crippen LogP contribution in [-0.2, 0) is 0 Å². The van der Waals surface area contributed by atoms with E-state index in [1.165, 1.54) is 86.5 Å². The van der Waals surface area contributed by atoms with Gasteiger partial charge in [0.25, 0.3) is 5.91 Å². The van der Waals surface area contributed by atoms with E-state index in [0.717, 1.165) is 22.8 Å². The van der Waals surface area contributed by atoms with Crippen LogP contribution in [0.3, 0.4) is 0 Å². The maximum absolute atomic E-state index is 13.4. The van der Waals surface area contributed by atoms with Crippen LogP contribution in [0, 0.1) is 25.6 Å². The second-order valence-corrected chi connectivity index (χ2v) is 12.5. The zero-order chi connectivity index (χ0) is 35.1. The van der Waals surface area contributed by atoms with Crippen LogP contribution in [-0.4, -0.2) is 32.5 Å². The number of carbonyl (C=O) groups excluding carboxylic acids is 1. The number of allylic oxidation sites excluding steroid dienone is 1. The molecule has 0 bridgehead atoms. The van der Waals surface area contributed by atoms with Crippen LogP contribution in [0.4, 0.5) is 10.1 Å². The van der Waals surface area contributed by atoms with Crippen molar-refractivity contribution in [2.45, 2.75) is 86.0 Å². The number of hydrogen-bond donors (Lipinski definition) is 3. The Hall–Kier alpha value is -4.17. The predicted octanol–water partition coefficient (Wildman–Crippen LogP) is 10.9. The average Bonchev–Trinajstić information content (AvgIpc) is 3.53. The second-order valence-electron chi connectivity index (χ2n) is 12.1. The van der Waals surface area contributed by atoms with E-state index in [-0.39, 0.29) is 17.0 Å². The molecule has 1 aromatic heterocycles. The molecule has 256 valence electrons. The molecule has 1 heterocycles. The van der Waals surface area contributed by atoms with Crippen molar-refractivity contribution in [3.63, 3.8) is 0 Å². The molecule has 3 aromatic carbocycles. The summed E-state index contributed by atoms with van der Waals surface area (Å²) in [5.41, 5.74) is 6.18. The van der Waals surface area contributed by atoms with Crippen molar-refractivity contribution in [2.24, 2.45) is 5.92 Å². The van der Waals surface area contributed by atoms with E-state index in [4.69, 9.17) is 0 Å². The minimum atomic E-state index is -1.06. The second kappa shape index (κ2) is 19.6. The van der Waals surface area contributed by atoms with E-state index >= 15 is 0 Å². The number of halogens is 1. The van der Waals surface area contributed by atoms with Gasteiger partial charge in [-0.3, -0.25) is 4.79 Å². The van der Waals surface area contributed by atoms with Gasteiger partial charge >= 0.3 is 5.97 Å². The number of nitrogens with zero attached hydrogens (tertiary/aromatic N) is 2. The molecule has 2 aliphatic rings. The van der Waals surface area contributed by atoms with Gasteiger partial charge in [-0.15, -0.1) is 0 Å². The molecular weight excluding hydrogens is 622 g/mol. The van der Waals surface area contributed by atoms with Crippen molar-refractivity contribution < 1.29 is 19.1 Å². The highest BCUT2D eigenvalue weighted by atomic mass is 32.1. The zero-order valence-corrected chi connectivity index (χ0v) is 29.8. The summed E-state index contributed by atoms with van der Waals surface area (Å²) >= 11 is 4.07. The lowest BCUT2D eigenvalue weighted by atomic mass is 9.91. The van der Waals surface area contributed by atoms with Crippen LogP contribution < -0.4 is 5.32 Å². The third kappa shape index (κ3) is 11.5. The van der Waals surface area contributed by atoms with Crippen molar-refractivity contribution in [1.82, 2.24) is 9.78 Å². The molecule has 2 fully saturated rings. The number of aromatic carboxylic acids is 1. The number of rotatable bonds is 6. The van der Waals surface area contributed by atoms with Crippen molar-refractivity contribution >= 4 is 30.2 Å². The minimum absolute atomic E-state index is 0.0995. The molecule has 4 aromatic rings. The number of benzene rings is 3. The molecule has 0 atom stereocenters. The fraction of sp³-hybridized carbons (Fsp3) is 0.375. The average molecular weight is 672 g/mol. The first-order valence-electron chi connectivity index (χ1n) is 17.0. The van der Waals surface area contributed by atoms with Gasteiger partial charge in [0.2, 0.25) is 0 Å². The highest BCUT2D eigenvalue weighted by Gasteiger charge is 2.20. The molecule has 8 heteroatoms. The molecule has 0 saturated heterocycles. The number of carboxylic acid groups (broad SMARTS) is 1. The summed E-state index contributed by atoms with van der Waals surface area (Å²) in [5, 5.41) is 16.7. The summed E-state index contributed by atoms with van der Waals surface area (Å²) in [6.45, 7) is 10.3. The van der Waals surface area contributed by atoms with Gasteiger partial charge in [0.05, 0.1) is 16.8 Å². The van der Waals surface area contributed by atoms with Crippen LogP contribution in [0.15, 0.2) is 84.6 Å². The van der Waals surface area contributed by atoms with Crippen molar-refractivity contribution in [3.8, 4) is 16.9 Å². The summed E-state index contributed by atoms with van der Waals surface area (Å²) in [7, 11) is 0. The molecular formula is C40H50FN3O3S. The summed E-state index contributed by atoms with van der Waals surface area (Å²) in [6.07, 6.45) is 15.3. The molecule has 0 radical (unpaired) electrons. The Labute approximate surface area is 290 Å². The maximum atomic E-state index is 13.4. The quantitative estimate of drug-likeness (QED) is 0.141. The van der Waals surface area contributed by atoms with Gasteiger partial charge < -0.3 is 10.4 Å². The minimum Gasteiger partial charge on any atom is -0.478 e. The number of carbonyl (C=O) groups is 2. The third-order valence-corrected chi connectivity index (χ3v) is 8.65. The molecule has 0 spiro atoms. The third-order valence-electron chi connectivity index (χ3n) is 8.47. The number of hydrogen-bond acceptors (Lipinski definition) is 4. The molecule has 6 rings (SSSR count). The van der Waals surface area contributed by atoms with E-state index in [1.54, 1.807) is 29.8 Å². The number of carboxylic acids is 1. The van der Waals surface area contributed by atoms with Gasteiger partial charge in [0.1, 0.15) is 11.5 Å². The summed E-state index contributed by atoms with van der Waals surface area (Å²) in [4.78, 5) is 24.5. The van der Waals surface area contributed by atoms with Gasteiger partial charge in [0, 0.05) is 23.2 Å². The van der Waals surface area contributed by atoms with Crippen molar-refractivity contribution in [2.75, 3.05) is 11.1 Å². The Morgan fingerprint density at radius 2 is 1.65 bits per heavy atom. The Morgan fingerprint density at radius 1 is 0.958 bits per heavy atom. The molecule has 0 aliphatic heterocycles. The van der Waals surface area contributed by atoms with E-state index in [9.17, 15) is 19.1 Å². The predicted molar refractivity (Wildman–Crippen MR) is 199 cm³/mol.